The zero-order valence-corrected chi connectivity index (χ0v) is 28.6. The zero-order valence-electron chi connectivity index (χ0n) is 26.9. The summed E-state index contributed by atoms with van der Waals surface area (Å²) in [7, 11) is -3.33. The molecule has 1 atom stereocenters. The van der Waals surface area contributed by atoms with Crippen molar-refractivity contribution in [3.05, 3.63) is 76.5 Å². The Morgan fingerprint density at radius 2 is 1.74 bits per heavy atom. The van der Waals surface area contributed by atoms with Gasteiger partial charge in [0.2, 0.25) is 5.88 Å². The highest BCUT2D eigenvalue weighted by Gasteiger charge is 2.28. The number of pyridine rings is 1. The summed E-state index contributed by atoms with van der Waals surface area (Å²) in [5.74, 6) is -1.95. The molecule has 2 aromatic carbocycles. The molecule has 1 unspecified atom stereocenters. The third-order valence-electron chi connectivity index (χ3n) is 8.23. The van der Waals surface area contributed by atoms with Crippen LogP contribution in [-0.2, 0) is 16.4 Å². The number of aryl methyl sites for hydroxylation is 2. The topological polar surface area (TPSA) is 144 Å². The summed E-state index contributed by atoms with van der Waals surface area (Å²) in [6.07, 6.45) is 7.26. The van der Waals surface area contributed by atoms with Crippen molar-refractivity contribution in [2.45, 2.75) is 70.4 Å². The van der Waals surface area contributed by atoms with Gasteiger partial charge in [0.1, 0.15) is 17.4 Å². The number of unbranched alkanes of at least 4 members (excludes halogenated alkanes) is 1. The minimum absolute atomic E-state index is 0. The number of benzene rings is 2. The average Bonchev–Trinajstić information content (AvgIpc) is 2.99. The molecule has 1 aliphatic rings. The number of hydrogen-bond donors (Lipinski definition) is 3. The smallest absolute Gasteiger partial charge is 0.319 e. The van der Waals surface area contributed by atoms with Gasteiger partial charge in [-0.15, -0.1) is 12.4 Å². The molecule has 1 fully saturated rings. The van der Waals surface area contributed by atoms with Crippen LogP contribution in [0.25, 0.3) is 0 Å². The van der Waals surface area contributed by atoms with E-state index in [4.69, 9.17) is 10.5 Å². The fourth-order valence-corrected chi connectivity index (χ4v) is 6.52. The van der Waals surface area contributed by atoms with Crippen LogP contribution in [0, 0.1) is 31.4 Å². The van der Waals surface area contributed by atoms with E-state index in [0.29, 0.717) is 35.4 Å². The molecule has 2 heterocycles. The first-order chi connectivity index (χ1) is 21.7. The summed E-state index contributed by atoms with van der Waals surface area (Å²) in [4.78, 5) is 31.3. The molecule has 14 heteroatoms. The molecule has 4 N–H and O–H groups in total. The molecule has 256 valence electrons. The second-order valence-electron chi connectivity index (χ2n) is 11.9. The number of nitrogens with zero attached hydrogens (tertiary/aromatic N) is 2. The van der Waals surface area contributed by atoms with E-state index in [1.807, 2.05) is 6.07 Å². The van der Waals surface area contributed by atoms with Gasteiger partial charge >= 0.3 is 6.03 Å². The molecule has 4 rings (SSSR count). The van der Waals surface area contributed by atoms with Gasteiger partial charge < -0.3 is 21.1 Å². The number of amides is 3. The molecule has 0 bridgehead atoms. The third kappa shape index (κ3) is 10.1. The SMILES string of the molecule is CCCCC(NC(=O)Nc1cc(C(N)=O)c(F)cc1F)C1CCN(Cc2ccc(Oc3c(C)cc(S(C)(=O)=O)cc3C)nc2)CC1.Cl. The van der Waals surface area contributed by atoms with Gasteiger partial charge in [0.25, 0.3) is 5.91 Å². The van der Waals surface area contributed by atoms with Crippen molar-refractivity contribution < 1.29 is 31.5 Å². The molecule has 0 saturated carbocycles. The largest absolute Gasteiger partial charge is 0.438 e. The molecule has 0 radical (unpaired) electrons. The van der Waals surface area contributed by atoms with E-state index in [1.54, 1.807) is 38.2 Å². The van der Waals surface area contributed by atoms with Crippen molar-refractivity contribution in [1.29, 1.82) is 0 Å². The number of aromatic nitrogens is 1. The first-order valence-electron chi connectivity index (χ1n) is 15.3. The normalized spacial score (nSPS) is 14.6. The number of likely N-dealkylation sites (tertiary alicyclic amines) is 1. The van der Waals surface area contributed by atoms with Gasteiger partial charge in [-0.25, -0.2) is 27.0 Å². The number of urea groups is 1. The Balaban J connectivity index is 0.00000600. The Labute approximate surface area is 280 Å². The minimum Gasteiger partial charge on any atom is -0.438 e. The molecular formula is C33H42ClF2N5O5S. The first kappa shape index (κ1) is 37.6. The molecular weight excluding hydrogens is 652 g/mol. The van der Waals surface area contributed by atoms with Crippen LogP contribution in [0.5, 0.6) is 11.6 Å². The highest BCUT2D eigenvalue weighted by Crippen LogP contribution is 2.31. The van der Waals surface area contributed by atoms with Gasteiger partial charge in [-0.3, -0.25) is 9.69 Å². The van der Waals surface area contributed by atoms with Gasteiger partial charge in [-0.05, 0) is 87.0 Å². The van der Waals surface area contributed by atoms with Gasteiger partial charge in [0.15, 0.2) is 9.84 Å². The molecule has 47 heavy (non-hydrogen) atoms. The van der Waals surface area contributed by atoms with Crippen molar-refractivity contribution in [3.63, 3.8) is 0 Å². The zero-order chi connectivity index (χ0) is 33.6. The fraction of sp³-hybridized carbons (Fsp3) is 0.424. The Morgan fingerprint density at radius 1 is 1.09 bits per heavy atom. The van der Waals surface area contributed by atoms with Crippen molar-refractivity contribution in [2.24, 2.45) is 11.7 Å². The Morgan fingerprint density at radius 3 is 2.30 bits per heavy atom. The van der Waals surface area contributed by atoms with Crippen LogP contribution in [-0.4, -0.2) is 55.6 Å². The van der Waals surface area contributed by atoms with E-state index < -0.39 is 39.0 Å². The lowest BCUT2D eigenvalue weighted by molar-refractivity contribution is 0.0996. The molecule has 0 aliphatic carbocycles. The Bertz CT molecular complexity index is 1660. The number of carbonyl (C=O) groups is 2. The molecule has 1 aliphatic heterocycles. The summed E-state index contributed by atoms with van der Waals surface area (Å²) < 4.78 is 58.0. The lowest BCUT2D eigenvalue weighted by Gasteiger charge is -2.36. The average molecular weight is 694 g/mol. The van der Waals surface area contributed by atoms with Crippen LogP contribution in [0.4, 0.5) is 19.3 Å². The molecule has 0 spiro atoms. The molecule has 10 nitrogen and oxygen atoms in total. The quantitative estimate of drug-likeness (QED) is 0.202. The van der Waals surface area contributed by atoms with Crippen molar-refractivity contribution in [1.82, 2.24) is 15.2 Å². The number of rotatable bonds is 12. The molecule has 3 amide bonds. The monoisotopic (exact) mass is 693 g/mol. The number of carbonyl (C=O) groups excluding carboxylic acids is 2. The van der Waals surface area contributed by atoms with Gasteiger partial charge in [-0.2, -0.15) is 0 Å². The van der Waals surface area contributed by atoms with E-state index in [-0.39, 0.29) is 34.9 Å². The Kier molecular flexibility index (Phi) is 13.1. The lowest BCUT2D eigenvalue weighted by Crippen LogP contribution is -2.46. The highest BCUT2D eigenvalue weighted by atomic mass is 35.5. The molecule has 3 aromatic rings. The van der Waals surface area contributed by atoms with E-state index in [9.17, 15) is 26.8 Å². The van der Waals surface area contributed by atoms with E-state index in [1.165, 1.54) is 6.26 Å². The summed E-state index contributed by atoms with van der Waals surface area (Å²) in [5, 5.41) is 5.37. The summed E-state index contributed by atoms with van der Waals surface area (Å²) >= 11 is 0. The van der Waals surface area contributed by atoms with Crippen LogP contribution in [0.3, 0.4) is 0 Å². The number of nitrogens with one attached hydrogen (secondary N) is 2. The minimum atomic E-state index is -3.33. The van der Waals surface area contributed by atoms with Crippen LogP contribution in [0.2, 0.25) is 0 Å². The van der Waals surface area contributed by atoms with Crippen LogP contribution < -0.4 is 21.1 Å². The number of piperidine rings is 1. The predicted molar refractivity (Wildman–Crippen MR) is 179 cm³/mol. The first-order valence-corrected chi connectivity index (χ1v) is 17.2. The van der Waals surface area contributed by atoms with E-state index in [0.717, 1.165) is 56.8 Å². The van der Waals surface area contributed by atoms with E-state index >= 15 is 0 Å². The van der Waals surface area contributed by atoms with Crippen LogP contribution >= 0.6 is 12.4 Å². The fourth-order valence-electron chi connectivity index (χ4n) is 5.74. The number of anilines is 1. The lowest BCUT2D eigenvalue weighted by atomic mass is 9.86. The highest BCUT2D eigenvalue weighted by molar-refractivity contribution is 7.90. The standard InChI is InChI=1S/C33H41F2N5O5S.ClH/c1-5-6-7-28(38-33(42)39-29-16-25(32(36)41)26(34)17-27(29)35)23-10-12-40(13-11-23)19-22-8-9-30(37-18-22)45-31-20(2)14-24(15-21(31)3)46(4,43)44;/h8-9,14-18,23,28H,5-7,10-13,19H2,1-4H3,(H2,36,41)(H2,38,39,42);1H. The number of primary amides is 1. The van der Waals surface area contributed by atoms with E-state index in [2.05, 4.69) is 27.4 Å². The summed E-state index contributed by atoms with van der Waals surface area (Å²) in [6.45, 7) is 8.00. The van der Waals surface area contributed by atoms with Crippen molar-refractivity contribution in [3.8, 4) is 11.6 Å². The predicted octanol–water partition coefficient (Wildman–Crippen LogP) is 6.29. The summed E-state index contributed by atoms with van der Waals surface area (Å²) in [6, 6.07) is 7.60. The number of hydrogen-bond acceptors (Lipinski definition) is 7. The number of ether oxygens (including phenoxy) is 1. The third-order valence-corrected chi connectivity index (χ3v) is 9.32. The maximum Gasteiger partial charge on any atom is 0.319 e. The van der Waals surface area contributed by atoms with Crippen LogP contribution in [0.1, 0.15) is 66.1 Å². The maximum atomic E-state index is 14.3. The van der Waals surface area contributed by atoms with Gasteiger partial charge in [0.05, 0.1) is 16.1 Å². The van der Waals surface area contributed by atoms with Gasteiger partial charge in [0, 0.05) is 37.2 Å². The second kappa shape index (κ2) is 16.3. The number of nitrogens with two attached hydrogens (primary N) is 1. The molecule has 1 aromatic heterocycles. The number of sulfone groups is 1. The Hall–Kier alpha value is -3.81. The van der Waals surface area contributed by atoms with Gasteiger partial charge in [-0.1, -0.05) is 25.8 Å². The second-order valence-corrected chi connectivity index (χ2v) is 13.9. The van der Waals surface area contributed by atoms with Crippen LogP contribution in [0.15, 0.2) is 47.5 Å². The van der Waals surface area contributed by atoms with Crippen molar-refractivity contribution >= 4 is 39.9 Å². The summed E-state index contributed by atoms with van der Waals surface area (Å²) in [5.41, 5.74) is 6.76. The van der Waals surface area contributed by atoms with Crippen molar-refractivity contribution in [2.75, 3.05) is 24.7 Å². The maximum absolute atomic E-state index is 14.3. The number of halogens is 3. The molecule has 1 saturated heterocycles.